The Hall–Kier alpha value is -0.600. The number of aliphatic hydroxyl groups is 1. The lowest BCUT2D eigenvalue weighted by Gasteiger charge is -2.25. The van der Waals surface area contributed by atoms with E-state index in [2.05, 4.69) is 26.0 Å². The largest absolute Gasteiger partial charge is 0.392 e. The molecule has 0 saturated heterocycles. The third-order valence-corrected chi connectivity index (χ3v) is 2.64. The van der Waals surface area contributed by atoms with Gasteiger partial charge in [-0.2, -0.15) is 0 Å². The maximum Gasteiger partial charge on any atom is 0.0659 e. The van der Waals surface area contributed by atoms with Gasteiger partial charge >= 0.3 is 0 Å². The van der Waals surface area contributed by atoms with Crippen molar-refractivity contribution in [1.82, 2.24) is 0 Å². The number of ether oxygens (including phenoxy) is 1. The van der Waals surface area contributed by atoms with E-state index in [0.717, 1.165) is 6.42 Å². The second-order valence-corrected chi connectivity index (χ2v) is 3.95. The van der Waals surface area contributed by atoms with E-state index in [1.807, 2.05) is 13.0 Å². The highest BCUT2D eigenvalue weighted by Gasteiger charge is 2.20. The number of hydrogen-bond acceptors (Lipinski definition) is 2. The third-order valence-electron chi connectivity index (χ3n) is 2.64. The average Bonchev–Trinajstić information content (AvgIpc) is 2.24. The maximum atomic E-state index is 8.71. The van der Waals surface area contributed by atoms with Gasteiger partial charge in [0, 0.05) is 13.0 Å². The van der Waals surface area contributed by atoms with E-state index >= 15 is 0 Å². The molecule has 0 aliphatic carbocycles. The van der Waals surface area contributed by atoms with Gasteiger partial charge in [0.2, 0.25) is 0 Å². The van der Waals surface area contributed by atoms with Crippen molar-refractivity contribution in [3.05, 3.63) is 24.3 Å². The molecule has 0 aromatic heterocycles. The summed E-state index contributed by atoms with van der Waals surface area (Å²) in [5.74, 6) is 0.826. The molecular weight excluding hydrogens is 188 g/mol. The number of aliphatic hydroxyl groups excluding tert-OH is 1. The second kappa shape index (κ2) is 8.69. The van der Waals surface area contributed by atoms with Crippen LogP contribution in [0.4, 0.5) is 0 Å². The van der Waals surface area contributed by atoms with E-state index in [0.29, 0.717) is 11.8 Å². The Kier molecular flexibility index (Phi) is 8.34. The van der Waals surface area contributed by atoms with Crippen molar-refractivity contribution >= 4 is 0 Å². The van der Waals surface area contributed by atoms with Gasteiger partial charge < -0.3 is 9.84 Å². The van der Waals surface area contributed by atoms with Crippen LogP contribution in [-0.2, 0) is 4.74 Å². The van der Waals surface area contributed by atoms with Crippen molar-refractivity contribution < 1.29 is 9.84 Å². The Morgan fingerprint density at radius 2 is 1.93 bits per heavy atom. The Bertz CT molecular complexity index is 197. The molecule has 3 atom stereocenters. The molecule has 0 amide bonds. The Balaban J connectivity index is 4.25. The lowest BCUT2D eigenvalue weighted by Crippen LogP contribution is -2.26. The van der Waals surface area contributed by atoms with Crippen LogP contribution in [0.25, 0.3) is 0 Å². The van der Waals surface area contributed by atoms with Gasteiger partial charge in [-0.25, -0.2) is 0 Å². The standard InChI is InChI=1S/C13H24O2/c1-5-6-8-11(2)13(15-4)12(3)9-7-10-14/h5-7,9,11-14H,8,10H2,1-4H3/b6-5+,9-7+/t11-,12-,13+/m0/s1. The molecule has 0 heterocycles. The molecule has 15 heavy (non-hydrogen) atoms. The van der Waals surface area contributed by atoms with Crippen LogP contribution in [0, 0.1) is 11.8 Å². The summed E-state index contributed by atoms with van der Waals surface area (Å²) in [5.41, 5.74) is 0. The van der Waals surface area contributed by atoms with Gasteiger partial charge in [0.05, 0.1) is 12.7 Å². The third kappa shape index (κ3) is 5.75. The van der Waals surface area contributed by atoms with Gasteiger partial charge in [-0.15, -0.1) is 0 Å². The van der Waals surface area contributed by atoms with Crippen molar-refractivity contribution in [2.75, 3.05) is 13.7 Å². The van der Waals surface area contributed by atoms with Crippen LogP contribution in [0.1, 0.15) is 27.2 Å². The molecular formula is C13H24O2. The van der Waals surface area contributed by atoms with Crippen molar-refractivity contribution in [2.24, 2.45) is 11.8 Å². The van der Waals surface area contributed by atoms with Gasteiger partial charge in [0.1, 0.15) is 0 Å². The Morgan fingerprint density at radius 1 is 1.27 bits per heavy atom. The van der Waals surface area contributed by atoms with Crippen LogP contribution in [0.5, 0.6) is 0 Å². The van der Waals surface area contributed by atoms with Crippen molar-refractivity contribution in [3.8, 4) is 0 Å². The zero-order valence-electron chi connectivity index (χ0n) is 10.3. The van der Waals surface area contributed by atoms with Crippen LogP contribution >= 0.6 is 0 Å². The molecule has 0 fully saturated rings. The van der Waals surface area contributed by atoms with E-state index < -0.39 is 0 Å². The van der Waals surface area contributed by atoms with E-state index in [9.17, 15) is 0 Å². The molecule has 0 spiro atoms. The molecule has 0 bridgehead atoms. The fraction of sp³-hybridized carbons (Fsp3) is 0.692. The molecule has 1 N–H and O–H groups in total. The number of methoxy groups -OCH3 is 1. The summed E-state index contributed by atoms with van der Waals surface area (Å²) in [6, 6.07) is 0. The van der Waals surface area contributed by atoms with Crippen LogP contribution in [0.3, 0.4) is 0 Å². The predicted octanol–water partition coefficient (Wildman–Crippen LogP) is 2.79. The van der Waals surface area contributed by atoms with Gasteiger partial charge in [-0.3, -0.25) is 0 Å². The molecule has 0 unspecified atom stereocenters. The molecule has 0 aromatic rings. The van der Waals surface area contributed by atoms with Gasteiger partial charge in [-0.1, -0.05) is 38.2 Å². The number of hydrogen-bond donors (Lipinski definition) is 1. The first-order valence-electron chi connectivity index (χ1n) is 5.58. The van der Waals surface area contributed by atoms with Crippen LogP contribution in [-0.4, -0.2) is 24.9 Å². The SMILES string of the molecule is C/C=C/C[C@H](C)[C@@H](OC)[C@@H](C)/C=C/CO. The second-order valence-electron chi connectivity index (χ2n) is 3.95. The predicted molar refractivity (Wildman–Crippen MR) is 64.8 cm³/mol. The average molecular weight is 212 g/mol. The fourth-order valence-electron chi connectivity index (χ4n) is 1.84. The highest BCUT2D eigenvalue weighted by molar-refractivity contribution is 4.93. The van der Waals surface area contributed by atoms with E-state index in [4.69, 9.17) is 9.84 Å². The molecule has 0 saturated carbocycles. The Labute approximate surface area is 93.6 Å². The zero-order chi connectivity index (χ0) is 11.7. The molecule has 0 aliphatic heterocycles. The topological polar surface area (TPSA) is 29.5 Å². The zero-order valence-corrected chi connectivity index (χ0v) is 10.3. The minimum Gasteiger partial charge on any atom is -0.392 e. The summed E-state index contributed by atoms with van der Waals surface area (Å²) in [4.78, 5) is 0. The van der Waals surface area contributed by atoms with Crippen LogP contribution in [0.15, 0.2) is 24.3 Å². The van der Waals surface area contributed by atoms with E-state index in [1.54, 1.807) is 13.2 Å². The summed E-state index contributed by atoms with van der Waals surface area (Å²) >= 11 is 0. The first-order chi connectivity index (χ1) is 7.17. The molecule has 2 nitrogen and oxygen atoms in total. The highest BCUT2D eigenvalue weighted by atomic mass is 16.5. The Morgan fingerprint density at radius 3 is 2.40 bits per heavy atom. The highest BCUT2D eigenvalue weighted by Crippen LogP contribution is 2.20. The van der Waals surface area contributed by atoms with Crippen LogP contribution < -0.4 is 0 Å². The quantitative estimate of drug-likeness (QED) is 0.658. The summed E-state index contributed by atoms with van der Waals surface area (Å²) in [6.45, 7) is 6.44. The van der Waals surface area contributed by atoms with Crippen LogP contribution in [0.2, 0.25) is 0 Å². The molecule has 88 valence electrons. The first-order valence-corrected chi connectivity index (χ1v) is 5.58. The van der Waals surface area contributed by atoms with Crippen molar-refractivity contribution in [2.45, 2.75) is 33.3 Å². The summed E-state index contributed by atoms with van der Waals surface area (Å²) < 4.78 is 5.50. The number of rotatable bonds is 7. The van der Waals surface area contributed by atoms with Gasteiger partial charge in [-0.05, 0) is 19.3 Å². The minimum atomic E-state index is 0.101. The fourth-order valence-corrected chi connectivity index (χ4v) is 1.84. The summed E-state index contributed by atoms with van der Waals surface area (Å²) in [7, 11) is 1.75. The first kappa shape index (κ1) is 14.4. The molecule has 0 aromatic carbocycles. The van der Waals surface area contributed by atoms with E-state index in [1.165, 1.54) is 0 Å². The molecule has 0 radical (unpaired) electrons. The maximum absolute atomic E-state index is 8.71. The molecule has 2 heteroatoms. The van der Waals surface area contributed by atoms with Gasteiger partial charge in [0.25, 0.3) is 0 Å². The lowest BCUT2D eigenvalue weighted by molar-refractivity contribution is 0.0325. The molecule has 0 rings (SSSR count). The lowest BCUT2D eigenvalue weighted by atomic mass is 9.90. The molecule has 0 aliphatic rings. The monoisotopic (exact) mass is 212 g/mol. The van der Waals surface area contributed by atoms with Crippen molar-refractivity contribution in [3.63, 3.8) is 0 Å². The summed E-state index contributed by atoms with van der Waals surface area (Å²) in [5, 5.41) is 8.71. The normalized spacial score (nSPS) is 18.5. The van der Waals surface area contributed by atoms with Crippen molar-refractivity contribution in [1.29, 1.82) is 0 Å². The smallest absolute Gasteiger partial charge is 0.0659 e. The van der Waals surface area contributed by atoms with E-state index in [-0.39, 0.29) is 12.7 Å². The van der Waals surface area contributed by atoms with Gasteiger partial charge in [0.15, 0.2) is 0 Å². The minimum absolute atomic E-state index is 0.101. The number of allylic oxidation sites excluding steroid dienone is 2. The summed E-state index contributed by atoms with van der Waals surface area (Å²) in [6.07, 6.45) is 9.27.